The molecule has 0 aromatic heterocycles. The highest BCUT2D eigenvalue weighted by molar-refractivity contribution is 5.99. The van der Waals surface area contributed by atoms with Crippen molar-refractivity contribution in [3.8, 4) is 0 Å². The van der Waals surface area contributed by atoms with E-state index in [-0.39, 0.29) is 83.6 Å². The monoisotopic (exact) mass is 1150 g/mol. The second-order valence-electron chi connectivity index (χ2n) is 21.8. The van der Waals surface area contributed by atoms with Gasteiger partial charge in [0.25, 0.3) is 0 Å². The zero-order valence-electron chi connectivity index (χ0n) is 48.7. The molecule has 464 valence electrons. The van der Waals surface area contributed by atoms with Gasteiger partial charge in [-0.3, -0.25) is 52.7 Å². The van der Waals surface area contributed by atoms with Crippen molar-refractivity contribution < 1.29 is 63.0 Å². The molecule has 0 aromatic rings. The van der Waals surface area contributed by atoms with Crippen LogP contribution in [0.15, 0.2) is 0 Å². The summed E-state index contributed by atoms with van der Waals surface area (Å²) in [6.45, 7) is 12.4. The minimum Gasteiger partial charge on any atom is -0.391 e. The lowest BCUT2D eigenvalue weighted by Crippen LogP contribution is -2.62. The Morgan fingerprint density at radius 3 is 1.33 bits per heavy atom. The van der Waals surface area contributed by atoms with Crippen LogP contribution in [0.25, 0.3) is 0 Å². The normalized spacial score (nSPS) is 22.9. The summed E-state index contributed by atoms with van der Waals surface area (Å²) >= 11 is 0. The van der Waals surface area contributed by atoms with E-state index in [0.29, 0.717) is 12.3 Å². The molecule has 0 aromatic carbocycles. The maximum absolute atomic E-state index is 14.4. The molecule has 29 nitrogen and oxygen atoms in total. The summed E-state index contributed by atoms with van der Waals surface area (Å²) in [4.78, 5) is 152. The van der Waals surface area contributed by atoms with Crippen molar-refractivity contribution in [2.24, 2.45) is 46.4 Å². The third kappa shape index (κ3) is 27.0. The fraction of sp³-hybridized carbons (Fsp3) is 0.788. The molecule has 1 aliphatic rings. The Bertz CT molecular complexity index is 2050. The van der Waals surface area contributed by atoms with Crippen LogP contribution >= 0.6 is 0 Å². The van der Waals surface area contributed by atoms with Crippen LogP contribution < -0.4 is 87.2 Å². The predicted molar refractivity (Wildman–Crippen MR) is 301 cm³/mol. The molecule has 29 heteroatoms. The Morgan fingerprint density at radius 2 is 0.889 bits per heavy atom. The summed E-state index contributed by atoms with van der Waals surface area (Å²) in [5.74, 6) is -9.84. The van der Waals surface area contributed by atoms with Gasteiger partial charge in [-0.15, -0.1) is 0 Å². The van der Waals surface area contributed by atoms with Gasteiger partial charge in [-0.05, 0) is 116 Å². The molecule has 1 saturated heterocycles. The average Bonchev–Trinajstić information content (AvgIpc) is 3.38. The number of hydrogen-bond donors (Lipinski definition) is 18. The number of carbonyl (C=O) groups excluding carboxylic acids is 11. The van der Waals surface area contributed by atoms with Crippen molar-refractivity contribution in [3.05, 3.63) is 0 Å². The average molecular weight is 1160 g/mol. The lowest BCUT2D eigenvalue weighted by atomic mass is 10.00. The van der Waals surface area contributed by atoms with Crippen LogP contribution in [0, 0.1) is 17.8 Å². The Labute approximate surface area is 475 Å². The highest BCUT2D eigenvalue weighted by Crippen LogP contribution is 2.12. The molecule has 0 spiro atoms. The molecule has 0 unspecified atom stereocenters. The number of amides is 11. The van der Waals surface area contributed by atoms with E-state index in [2.05, 4.69) is 72.3 Å². The summed E-state index contributed by atoms with van der Waals surface area (Å²) in [5.41, 5.74) is 29.1. The van der Waals surface area contributed by atoms with Gasteiger partial charge < -0.3 is 97.4 Å². The van der Waals surface area contributed by atoms with Gasteiger partial charge in [-0.2, -0.15) is 0 Å². The first kappa shape index (κ1) is 72.9. The number of unbranched alkanes of at least 4 members (excludes halogenated alkanes) is 2. The molecule has 1 heterocycles. The molecular weight excluding hydrogens is 1060 g/mol. The Morgan fingerprint density at radius 1 is 0.457 bits per heavy atom. The largest absolute Gasteiger partial charge is 0.391 e. The second-order valence-corrected chi connectivity index (χ2v) is 21.8. The molecule has 23 N–H and O–H groups in total. The second kappa shape index (κ2) is 38.6. The maximum Gasteiger partial charge on any atom is 0.245 e. The molecule has 0 saturated carbocycles. The quantitative estimate of drug-likeness (QED) is 0.0298. The molecule has 12 atom stereocenters. The van der Waals surface area contributed by atoms with Gasteiger partial charge in [0.15, 0.2) is 0 Å². The van der Waals surface area contributed by atoms with Gasteiger partial charge in [-0.25, -0.2) is 0 Å². The van der Waals surface area contributed by atoms with E-state index in [0.717, 1.165) is 19.3 Å². The SMILES string of the molecule is CC(C)CCCCCC(=O)N[C@@H](CCN)C(=O)N[C@H](C(=O)N[C@@H](CCN)C(=O)NCC[C@@H]1NC(=O)[C@H]([C@@H](C)O)NC(=O)[C@H](CCN)NC(=O)[C@H](CCN)NC(=O)[C@H](C(C)C)NC(=O)[C@H](CCN)NC(=O)[C@@H](CC(C)C)NC1=O)[C@@H](C)O. The zero-order chi connectivity index (χ0) is 61.5. The fourth-order valence-corrected chi connectivity index (χ4v) is 8.60. The zero-order valence-corrected chi connectivity index (χ0v) is 48.7. The van der Waals surface area contributed by atoms with Crippen LogP contribution in [0.4, 0.5) is 0 Å². The lowest BCUT2D eigenvalue weighted by molar-refractivity contribution is -0.137. The first-order valence-electron chi connectivity index (χ1n) is 28.3. The van der Waals surface area contributed by atoms with Crippen molar-refractivity contribution in [3.63, 3.8) is 0 Å². The number of hydrogen-bond acceptors (Lipinski definition) is 18. The van der Waals surface area contributed by atoms with Crippen molar-refractivity contribution in [1.82, 2.24) is 58.5 Å². The van der Waals surface area contributed by atoms with Crippen LogP contribution in [0.2, 0.25) is 0 Å². The van der Waals surface area contributed by atoms with Gasteiger partial charge in [0.2, 0.25) is 65.0 Å². The number of rotatable bonds is 30. The van der Waals surface area contributed by atoms with Crippen molar-refractivity contribution in [2.75, 3.05) is 39.3 Å². The third-order valence-electron chi connectivity index (χ3n) is 13.2. The maximum atomic E-state index is 14.4. The van der Waals surface area contributed by atoms with E-state index >= 15 is 0 Å². The topological polar surface area (TPSA) is 491 Å². The van der Waals surface area contributed by atoms with E-state index in [4.69, 9.17) is 28.7 Å². The van der Waals surface area contributed by atoms with Crippen LogP contribution in [-0.4, -0.2) is 187 Å². The van der Waals surface area contributed by atoms with Gasteiger partial charge in [-0.1, -0.05) is 60.8 Å². The number of carbonyl (C=O) groups is 11. The van der Waals surface area contributed by atoms with Crippen LogP contribution in [0.1, 0.15) is 132 Å². The molecule has 1 fully saturated rings. The van der Waals surface area contributed by atoms with Gasteiger partial charge in [0, 0.05) is 13.0 Å². The molecule has 11 amide bonds. The Kier molecular flexibility index (Phi) is 34.7. The van der Waals surface area contributed by atoms with E-state index in [1.165, 1.54) is 13.8 Å². The summed E-state index contributed by atoms with van der Waals surface area (Å²) in [7, 11) is 0. The molecular formula is C52H98N16O13. The number of aliphatic hydroxyl groups excluding tert-OH is 2. The predicted octanol–water partition coefficient (Wildman–Crippen LogP) is -5.83. The Balaban J connectivity index is 3.68. The number of aliphatic hydroxyl groups is 2. The van der Waals surface area contributed by atoms with Gasteiger partial charge >= 0.3 is 0 Å². The number of nitrogens with one attached hydrogen (secondary N) is 11. The Hall–Kier alpha value is -6.11. The van der Waals surface area contributed by atoms with Gasteiger partial charge in [0.1, 0.15) is 60.4 Å². The first-order chi connectivity index (χ1) is 38.1. The van der Waals surface area contributed by atoms with Gasteiger partial charge in [0.05, 0.1) is 12.2 Å². The molecule has 81 heavy (non-hydrogen) atoms. The molecule has 1 rings (SSSR count). The highest BCUT2D eigenvalue weighted by atomic mass is 16.3. The van der Waals surface area contributed by atoms with E-state index < -0.39 is 156 Å². The minimum atomic E-state index is -1.80. The lowest BCUT2D eigenvalue weighted by Gasteiger charge is -2.29. The molecule has 0 radical (unpaired) electrons. The molecule has 1 aliphatic heterocycles. The van der Waals surface area contributed by atoms with Crippen molar-refractivity contribution >= 4 is 65.0 Å². The van der Waals surface area contributed by atoms with E-state index in [9.17, 15) is 63.0 Å². The van der Waals surface area contributed by atoms with Crippen molar-refractivity contribution in [2.45, 2.75) is 205 Å². The van der Waals surface area contributed by atoms with Crippen LogP contribution in [-0.2, 0) is 52.7 Å². The summed E-state index contributed by atoms with van der Waals surface area (Å²) in [6, 6.07) is -14.4. The van der Waals surface area contributed by atoms with Crippen LogP contribution in [0.3, 0.4) is 0 Å². The summed E-state index contributed by atoms with van der Waals surface area (Å²) in [5, 5.41) is 49.5. The fourth-order valence-electron chi connectivity index (χ4n) is 8.60. The number of nitrogens with two attached hydrogens (primary N) is 5. The van der Waals surface area contributed by atoms with E-state index in [1.54, 1.807) is 27.7 Å². The third-order valence-corrected chi connectivity index (χ3v) is 13.2. The van der Waals surface area contributed by atoms with Crippen LogP contribution in [0.5, 0.6) is 0 Å². The summed E-state index contributed by atoms with van der Waals surface area (Å²) < 4.78 is 0. The standard InChI is InChI=1S/C52H98N16O13/c1-27(2)12-10-9-11-13-39(71)59-33(15-21-54)46(75)67-41(30(7)69)51(80)62-32(14-20-53)43(72)58-25-19-37-45(74)65-38(26-28(3)4)49(78)61-35(17-23-56)47(76)66-40(29(5)6)50(79)63-34(16-22-55)44(73)60-36(18-24-57)48(77)68-42(31(8)70)52(81)64-37/h27-38,40-42,69-70H,9-26,53-57H2,1-8H3,(H,58,72)(H,59,71)(H,60,73)(H,61,78)(H,62,80)(H,63,79)(H,64,81)(H,65,74)(H,66,76)(H,67,75)(H,68,77)/t30-,31-,32+,33+,34+,35+,36+,37+,38-,40+,41+,42+/m1/s1. The van der Waals surface area contributed by atoms with E-state index in [1.807, 2.05) is 0 Å². The van der Waals surface area contributed by atoms with Crippen molar-refractivity contribution in [1.29, 1.82) is 0 Å². The highest BCUT2D eigenvalue weighted by Gasteiger charge is 2.38. The molecule has 0 bridgehead atoms. The molecule has 0 aliphatic carbocycles. The summed E-state index contributed by atoms with van der Waals surface area (Å²) in [6.07, 6.45) is -0.683. The first-order valence-corrected chi connectivity index (χ1v) is 28.3. The minimum absolute atomic E-state index is 0.000243. The smallest absolute Gasteiger partial charge is 0.245 e.